The molecule has 0 spiro atoms. The summed E-state index contributed by atoms with van der Waals surface area (Å²) in [5.41, 5.74) is 1.26. The Kier molecular flexibility index (Phi) is 4.69. The molecule has 2 rings (SSSR count). The van der Waals surface area contributed by atoms with E-state index in [1.807, 2.05) is 12.1 Å². The molecule has 0 bridgehead atoms. The summed E-state index contributed by atoms with van der Waals surface area (Å²) < 4.78 is 5.20. The number of ether oxygens (including phenoxy) is 1. The molecule has 1 aromatic carbocycles. The van der Waals surface area contributed by atoms with E-state index in [4.69, 9.17) is 16.3 Å². The lowest BCUT2D eigenvalue weighted by Gasteiger charge is -2.14. The summed E-state index contributed by atoms with van der Waals surface area (Å²) in [4.78, 5) is 0. The number of nitrogens with one attached hydrogen (secondary N) is 1. The molecule has 1 aliphatic rings. The fourth-order valence-electron chi connectivity index (χ4n) is 2.41. The Morgan fingerprint density at radius 3 is 3.00 bits per heavy atom. The number of hydrogen-bond donors (Lipinski definition) is 1. The van der Waals surface area contributed by atoms with E-state index in [0.29, 0.717) is 11.3 Å². The number of alkyl halides is 1. The summed E-state index contributed by atoms with van der Waals surface area (Å²) in [5, 5.41) is 3.85. The highest BCUT2D eigenvalue weighted by molar-refractivity contribution is 6.20. The fourth-order valence-corrected chi connectivity index (χ4v) is 2.78. The van der Waals surface area contributed by atoms with Crippen LogP contribution >= 0.6 is 11.6 Å². The Bertz CT molecular complexity index is 356. The molecule has 1 saturated carbocycles. The lowest BCUT2D eigenvalue weighted by Crippen LogP contribution is -2.25. The molecule has 3 heteroatoms. The van der Waals surface area contributed by atoms with Gasteiger partial charge in [0.05, 0.1) is 7.11 Å². The van der Waals surface area contributed by atoms with Crippen LogP contribution in [0.4, 0.5) is 0 Å². The molecule has 17 heavy (non-hydrogen) atoms. The minimum Gasteiger partial charge on any atom is -0.497 e. The van der Waals surface area contributed by atoms with Crippen LogP contribution in [0.5, 0.6) is 5.75 Å². The van der Waals surface area contributed by atoms with Crippen molar-refractivity contribution in [3.8, 4) is 5.75 Å². The van der Waals surface area contributed by atoms with Crippen LogP contribution in [-0.2, 0) is 6.54 Å². The fraction of sp³-hybridized carbons (Fsp3) is 0.571. The maximum absolute atomic E-state index is 6.25. The number of rotatable bonds is 5. The van der Waals surface area contributed by atoms with E-state index in [-0.39, 0.29) is 0 Å². The van der Waals surface area contributed by atoms with Crippen LogP contribution in [0.15, 0.2) is 24.3 Å². The van der Waals surface area contributed by atoms with E-state index in [0.717, 1.165) is 18.8 Å². The van der Waals surface area contributed by atoms with Gasteiger partial charge in [-0.25, -0.2) is 0 Å². The molecular weight excluding hydrogens is 234 g/mol. The largest absolute Gasteiger partial charge is 0.497 e. The monoisotopic (exact) mass is 253 g/mol. The summed E-state index contributed by atoms with van der Waals surface area (Å²) in [5.74, 6) is 1.56. The van der Waals surface area contributed by atoms with Crippen LogP contribution < -0.4 is 10.1 Å². The Hall–Kier alpha value is -0.730. The van der Waals surface area contributed by atoms with E-state index < -0.39 is 0 Å². The average Bonchev–Trinajstić information content (AvgIpc) is 2.76. The van der Waals surface area contributed by atoms with Gasteiger partial charge in [-0.1, -0.05) is 18.6 Å². The van der Waals surface area contributed by atoms with Crippen molar-refractivity contribution in [2.24, 2.45) is 5.92 Å². The molecule has 1 fully saturated rings. The van der Waals surface area contributed by atoms with Gasteiger partial charge in [-0.05, 0) is 43.0 Å². The molecule has 1 aliphatic carbocycles. The van der Waals surface area contributed by atoms with Gasteiger partial charge < -0.3 is 10.1 Å². The van der Waals surface area contributed by atoms with Gasteiger partial charge in [0.2, 0.25) is 0 Å². The molecule has 0 amide bonds. The molecule has 2 atom stereocenters. The topological polar surface area (TPSA) is 21.3 Å². The Balaban J connectivity index is 1.77. The molecule has 1 aromatic rings. The van der Waals surface area contributed by atoms with Crippen LogP contribution in [0.1, 0.15) is 24.8 Å². The van der Waals surface area contributed by atoms with E-state index in [1.54, 1.807) is 7.11 Å². The molecule has 0 aromatic heterocycles. The summed E-state index contributed by atoms with van der Waals surface area (Å²) >= 11 is 6.25. The third-order valence-electron chi connectivity index (χ3n) is 3.44. The molecule has 0 radical (unpaired) electrons. The van der Waals surface area contributed by atoms with Crippen molar-refractivity contribution in [2.45, 2.75) is 31.2 Å². The third kappa shape index (κ3) is 3.62. The van der Waals surface area contributed by atoms with Crippen LogP contribution in [0.25, 0.3) is 0 Å². The molecular formula is C14H20ClNO. The first-order valence-corrected chi connectivity index (χ1v) is 6.71. The predicted molar refractivity (Wildman–Crippen MR) is 71.7 cm³/mol. The van der Waals surface area contributed by atoms with Crippen molar-refractivity contribution in [1.29, 1.82) is 0 Å². The minimum absolute atomic E-state index is 0.368. The number of benzene rings is 1. The van der Waals surface area contributed by atoms with Crippen LogP contribution in [0, 0.1) is 5.92 Å². The quantitative estimate of drug-likeness (QED) is 0.814. The van der Waals surface area contributed by atoms with Crippen molar-refractivity contribution in [3.05, 3.63) is 29.8 Å². The van der Waals surface area contributed by atoms with Crippen molar-refractivity contribution >= 4 is 11.6 Å². The average molecular weight is 254 g/mol. The Morgan fingerprint density at radius 2 is 2.29 bits per heavy atom. The van der Waals surface area contributed by atoms with Gasteiger partial charge in [0.25, 0.3) is 0 Å². The van der Waals surface area contributed by atoms with Gasteiger partial charge in [-0.2, -0.15) is 0 Å². The zero-order valence-electron chi connectivity index (χ0n) is 10.3. The Morgan fingerprint density at radius 1 is 1.41 bits per heavy atom. The predicted octanol–water partition coefficient (Wildman–Crippen LogP) is 3.19. The number of hydrogen-bond acceptors (Lipinski definition) is 2. The highest BCUT2D eigenvalue weighted by atomic mass is 35.5. The van der Waals surface area contributed by atoms with Gasteiger partial charge in [-0.3, -0.25) is 0 Å². The molecule has 94 valence electrons. The van der Waals surface area contributed by atoms with Crippen LogP contribution in [0.2, 0.25) is 0 Å². The van der Waals surface area contributed by atoms with Crippen LogP contribution in [-0.4, -0.2) is 19.0 Å². The van der Waals surface area contributed by atoms with E-state index in [1.165, 1.54) is 24.8 Å². The van der Waals surface area contributed by atoms with Gasteiger partial charge in [0, 0.05) is 11.9 Å². The molecule has 2 unspecified atom stereocenters. The zero-order chi connectivity index (χ0) is 12.1. The van der Waals surface area contributed by atoms with Gasteiger partial charge >= 0.3 is 0 Å². The molecule has 0 aliphatic heterocycles. The lowest BCUT2D eigenvalue weighted by atomic mass is 10.1. The van der Waals surface area contributed by atoms with Crippen molar-refractivity contribution < 1.29 is 4.74 Å². The number of halogens is 1. The first-order chi connectivity index (χ1) is 8.29. The summed E-state index contributed by atoms with van der Waals surface area (Å²) in [7, 11) is 1.70. The van der Waals surface area contributed by atoms with Crippen molar-refractivity contribution in [1.82, 2.24) is 5.32 Å². The van der Waals surface area contributed by atoms with E-state index in [2.05, 4.69) is 17.4 Å². The summed E-state index contributed by atoms with van der Waals surface area (Å²) in [6.45, 7) is 1.91. The first-order valence-electron chi connectivity index (χ1n) is 6.27. The molecule has 0 saturated heterocycles. The smallest absolute Gasteiger partial charge is 0.119 e. The molecule has 0 heterocycles. The Labute approximate surface area is 108 Å². The standard InChI is InChI=1S/C14H20ClNO/c1-17-13-6-2-4-11(8-13)9-16-10-12-5-3-7-14(12)15/h2,4,6,8,12,14,16H,3,5,7,9-10H2,1H3. The van der Waals surface area contributed by atoms with Crippen molar-refractivity contribution in [3.63, 3.8) is 0 Å². The highest BCUT2D eigenvalue weighted by Gasteiger charge is 2.24. The van der Waals surface area contributed by atoms with Gasteiger partial charge in [0.1, 0.15) is 5.75 Å². The lowest BCUT2D eigenvalue weighted by molar-refractivity contribution is 0.413. The second-order valence-electron chi connectivity index (χ2n) is 4.69. The van der Waals surface area contributed by atoms with E-state index >= 15 is 0 Å². The van der Waals surface area contributed by atoms with Crippen LogP contribution in [0.3, 0.4) is 0 Å². The summed E-state index contributed by atoms with van der Waals surface area (Å²) in [6, 6.07) is 8.17. The first kappa shape index (κ1) is 12.7. The molecule has 1 N–H and O–H groups in total. The maximum atomic E-state index is 6.25. The highest BCUT2D eigenvalue weighted by Crippen LogP contribution is 2.29. The maximum Gasteiger partial charge on any atom is 0.119 e. The zero-order valence-corrected chi connectivity index (χ0v) is 11.0. The molecule has 2 nitrogen and oxygen atoms in total. The van der Waals surface area contributed by atoms with E-state index in [9.17, 15) is 0 Å². The van der Waals surface area contributed by atoms with Gasteiger partial charge in [0.15, 0.2) is 0 Å². The second kappa shape index (κ2) is 6.27. The normalized spacial score (nSPS) is 23.9. The summed E-state index contributed by atoms with van der Waals surface area (Å²) in [6.07, 6.45) is 3.71. The SMILES string of the molecule is COc1cccc(CNCC2CCCC2Cl)c1. The third-order valence-corrected chi connectivity index (χ3v) is 4.01. The van der Waals surface area contributed by atoms with Crippen molar-refractivity contribution in [2.75, 3.05) is 13.7 Å². The number of methoxy groups -OCH3 is 1. The second-order valence-corrected chi connectivity index (χ2v) is 5.25. The minimum atomic E-state index is 0.368. The van der Waals surface area contributed by atoms with Gasteiger partial charge in [-0.15, -0.1) is 11.6 Å².